The number of carbonyl (C=O) groups is 4. The van der Waals surface area contributed by atoms with E-state index in [0.717, 1.165) is 13.1 Å². The van der Waals surface area contributed by atoms with Gasteiger partial charge >= 0.3 is 5.97 Å². The highest BCUT2D eigenvalue weighted by molar-refractivity contribution is 5.99. The average molecular weight is 665 g/mol. The number of allylic oxidation sites excluding steroid dienone is 1. The molecule has 12 nitrogen and oxygen atoms in total. The molecule has 2 N–H and O–H groups in total. The average Bonchev–Trinajstić information content (AvgIpc) is 3.48. The number of hydrogen-bond acceptors (Lipinski definition) is 9. The van der Waals surface area contributed by atoms with Gasteiger partial charge in [-0.2, -0.15) is 0 Å². The van der Waals surface area contributed by atoms with Gasteiger partial charge in [0.2, 0.25) is 17.7 Å². The topological polar surface area (TPSA) is 138 Å². The lowest BCUT2D eigenvalue weighted by atomic mass is 9.78. The molecule has 48 heavy (non-hydrogen) atoms. The van der Waals surface area contributed by atoms with E-state index in [2.05, 4.69) is 10.2 Å². The summed E-state index contributed by atoms with van der Waals surface area (Å²) in [6, 6.07) is 7.46. The SMILES string of the molecule is CC(C)C[C@H](CO)N1C(=O)[C@H]2[C@@H]3C(=O)O[C@@H](c4ccccc4)CNC(=O)CC/C=C\[C@@H]3O[C@]23C=CCN(CCN2CCOCC2)C(=O)[C@H]13. The Bertz CT molecular complexity index is 1400. The van der Waals surface area contributed by atoms with Crippen molar-refractivity contribution in [1.82, 2.24) is 20.0 Å². The maximum absolute atomic E-state index is 14.8. The van der Waals surface area contributed by atoms with Gasteiger partial charge in [-0.15, -0.1) is 0 Å². The number of fused-ring (bicyclic) bond motifs is 2. The van der Waals surface area contributed by atoms with Gasteiger partial charge in [-0.1, -0.05) is 68.5 Å². The Labute approximate surface area is 282 Å². The van der Waals surface area contributed by atoms with Gasteiger partial charge in [0, 0.05) is 39.1 Å². The van der Waals surface area contributed by atoms with Gasteiger partial charge in [0.25, 0.3) is 0 Å². The minimum Gasteiger partial charge on any atom is -0.455 e. The predicted octanol–water partition coefficient (Wildman–Crippen LogP) is 1.46. The van der Waals surface area contributed by atoms with Crippen LogP contribution in [0.15, 0.2) is 54.6 Å². The van der Waals surface area contributed by atoms with Gasteiger partial charge in [-0.3, -0.25) is 24.1 Å². The first-order chi connectivity index (χ1) is 23.2. The second-order valence-electron chi connectivity index (χ2n) is 13.8. The second-order valence-corrected chi connectivity index (χ2v) is 13.8. The van der Waals surface area contributed by atoms with Gasteiger partial charge in [0.1, 0.15) is 23.7 Å². The third-order valence-corrected chi connectivity index (χ3v) is 10.2. The molecule has 0 unspecified atom stereocenters. The maximum atomic E-state index is 14.8. The molecule has 12 heteroatoms. The summed E-state index contributed by atoms with van der Waals surface area (Å²) in [6.07, 6.45) is 6.66. The molecule has 6 rings (SSSR count). The van der Waals surface area contributed by atoms with Crippen molar-refractivity contribution >= 4 is 23.7 Å². The molecule has 0 radical (unpaired) electrons. The molecule has 3 saturated heterocycles. The highest BCUT2D eigenvalue weighted by Crippen LogP contribution is 2.54. The Hall–Kier alpha value is -3.58. The fraction of sp³-hybridized carbons (Fsp3) is 0.611. The third-order valence-electron chi connectivity index (χ3n) is 10.2. The van der Waals surface area contributed by atoms with Crippen molar-refractivity contribution in [1.29, 1.82) is 0 Å². The Morgan fingerprint density at radius 1 is 1.02 bits per heavy atom. The molecule has 0 saturated carbocycles. The largest absolute Gasteiger partial charge is 0.455 e. The lowest BCUT2D eigenvalue weighted by Gasteiger charge is -2.39. The summed E-state index contributed by atoms with van der Waals surface area (Å²) < 4.78 is 18.5. The van der Waals surface area contributed by atoms with E-state index < -0.39 is 53.6 Å². The number of hydrogen-bond donors (Lipinski definition) is 2. The van der Waals surface area contributed by atoms with Gasteiger partial charge in [-0.05, 0) is 24.3 Å². The number of benzene rings is 1. The molecule has 5 aliphatic rings. The molecule has 0 aromatic heterocycles. The van der Waals surface area contributed by atoms with Gasteiger partial charge in [0.15, 0.2) is 0 Å². The van der Waals surface area contributed by atoms with Crippen LogP contribution in [0.3, 0.4) is 0 Å². The highest BCUT2D eigenvalue weighted by atomic mass is 16.6. The molecular formula is C36H48N4O8. The fourth-order valence-electron chi connectivity index (χ4n) is 7.89. The van der Waals surface area contributed by atoms with Crippen LogP contribution in [-0.2, 0) is 33.4 Å². The Balaban J connectivity index is 1.38. The van der Waals surface area contributed by atoms with E-state index in [9.17, 15) is 24.3 Å². The van der Waals surface area contributed by atoms with E-state index >= 15 is 0 Å². The number of nitrogens with zero attached hydrogens (tertiary/aromatic N) is 3. The monoisotopic (exact) mass is 664 g/mol. The fourth-order valence-corrected chi connectivity index (χ4v) is 7.89. The molecule has 5 heterocycles. The first-order valence-electron chi connectivity index (χ1n) is 17.3. The number of rotatable bonds is 8. The van der Waals surface area contributed by atoms with Crippen molar-refractivity contribution < 1.29 is 38.5 Å². The lowest BCUT2D eigenvalue weighted by Crippen LogP contribution is -2.59. The summed E-state index contributed by atoms with van der Waals surface area (Å²) in [5, 5.41) is 13.5. The number of nitrogens with one attached hydrogen (secondary N) is 1. The molecule has 7 atom stereocenters. The van der Waals surface area contributed by atoms with Crippen LogP contribution in [0.1, 0.15) is 44.8 Å². The highest BCUT2D eigenvalue weighted by Gasteiger charge is 2.72. The number of esters is 1. The summed E-state index contributed by atoms with van der Waals surface area (Å²) in [5.74, 6) is -3.46. The number of cyclic esters (lactones) is 1. The molecule has 3 amide bonds. The van der Waals surface area contributed by atoms with Crippen LogP contribution in [0.5, 0.6) is 0 Å². The van der Waals surface area contributed by atoms with E-state index in [0.29, 0.717) is 51.3 Å². The standard InChI is InChI=1S/C36H48N4O8/c1-24(2)21-26(23-41)40-32-34(44)39(16-15-38-17-19-46-20-18-38)14-8-13-36(32)31(33(40)43)30-27(48-36)11-6-7-12-29(42)37-22-28(47-35(30)45)25-9-4-3-5-10-25/h3-6,8-11,13,24,26-28,30-32,41H,7,12,14-23H2,1-2H3,(H,37,42)/b11-6-/t26-,27+,28-,30-,31-,32+,36-/m1/s1. The van der Waals surface area contributed by atoms with Crippen LogP contribution in [0.4, 0.5) is 0 Å². The zero-order valence-corrected chi connectivity index (χ0v) is 27.9. The Kier molecular flexibility index (Phi) is 10.6. The van der Waals surface area contributed by atoms with Crippen molar-refractivity contribution in [2.24, 2.45) is 17.8 Å². The summed E-state index contributed by atoms with van der Waals surface area (Å²) in [7, 11) is 0. The summed E-state index contributed by atoms with van der Waals surface area (Å²) >= 11 is 0. The van der Waals surface area contributed by atoms with Crippen molar-refractivity contribution in [2.75, 3.05) is 59.1 Å². The zero-order chi connectivity index (χ0) is 33.8. The van der Waals surface area contributed by atoms with Crippen molar-refractivity contribution in [3.8, 4) is 0 Å². The number of likely N-dealkylation sites (tertiary alicyclic amines) is 1. The number of amides is 3. The van der Waals surface area contributed by atoms with Gasteiger partial charge in [0.05, 0.1) is 44.4 Å². The maximum Gasteiger partial charge on any atom is 0.313 e. The van der Waals surface area contributed by atoms with Crippen molar-refractivity contribution in [2.45, 2.75) is 63.0 Å². The molecule has 1 aromatic carbocycles. The molecular weight excluding hydrogens is 616 g/mol. The molecule has 1 aromatic rings. The third kappa shape index (κ3) is 6.80. The molecule has 260 valence electrons. The number of morpholine rings is 1. The lowest BCUT2D eigenvalue weighted by molar-refractivity contribution is -0.161. The van der Waals surface area contributed by atoms with E-state index in [4.69, 9.17) is 14.2 Å². The van der Waals surface area contributed by atoms with Crippen molar-refractivity contribution in [3.63, 3.8) is 0 Å². The minimum absolute atomic E-state index is 0.0759. The molecule has 3 fully saturated rings. The Morgan fingerprint density at radius 3 is 2.52 bits per heavy atom. The van der Waals surface area contributed by atoms with E-state index in [-0.39, 0.29) is 37.3 Å². The number of carbonyl (C=O) groups excluding carboxylic acids is 4. The summed E-state index contributed by atoms with van der Waals surface area (Å²) in [5.41, 5.74) is -0.750. The zero-order valence-electron chi connectivity index (χ0n) is 27.9. The molecule has 5 aliphatic heterocycles. The summed E-state index contributed by atoms with van der Waals surface area (Å²) in [6.45, 7) is 8.05. The minimum atomic E-state index is -1.46. The number of ether oxygens (including phenoxy) is 3. The molecule has 0 bridgehead atoms. The van der Waals surface area contributed by atoms with Gasteiger partial charge in [-0.25, -0.2) is 0 Å². The normalized spacial score (nSPS) is 32.8. The van der Waals surface area contributed by atoms with Crippen LogP contribution < -0.4 is 5.32 Å². The van der Waals surface area contributed by atoms with E-state index in [1.54, 1.807) is 17.1 Å². The van der Waals surface area contributed by atoms with E-state index in [1.165, 1.54) is 4.90 Å². The van der Waals surface area contributed by atoms with Gasteiger partial charge < -0.3 is 34.4 Å². The van der Waals surface area contributed by atoms with Crippen LogP contribution in [-0.4, -0.2) is 126 Å². The summed E-state index contributed by atoms with van der Waals surface area (Å²) in [4.78, 5) is 62.0. The van der Waals surface area contributed by atoms with Crippen LogP contribution >= 0.6 is 0 Å². The number of aliphatic hydroxyl groups is 1. The molecule has 1 spiro atoms. The number of aliphatic hydroxyl groups excluding tert-OH is 1. The van der Waals surface area contributed by atoms with Crippen LogP contribution in [0.25, 0.3) is 0 Å². The van der Waals surface area contributed by atoms with Crippen LogP contribution in [0, 0.1) is 17.8 Å². The van der Waals surface area contributed by atoms with E-state index in [1.807, 2.05) is 56.3 Å². The predicted molar refractivity (Wildman–Crippen MR) is 175 cm³/mol. The quantitative estimate of drug-likeness (QED) is 0.313. The Morgan fingerprint density at radius 2 is 1.79 bits per heavy atom. The smallest absolute Gasteiger partial charge is 0.313 e. The second kappa shape index (κ2) is 14.9. The first kappa shape index (κ1) is 34.3. The molecule has 0 aliphatic carbocycles. The first-order valence-corrected chi connectivity index (χ1v) is 17.3. The van der Waals surface area contributed by atoms with Crippen molar-refractivity contribution in [3.05, 3.63) is 60.2 Å². The van der Waals surface area contributed by atoms with Crippen LogP contribution in [0.2, 0.25) is 0 Å².